The molecule has 2 atom stereocenters. The molecular formula is C16H25N. The first-order chi connectivity index (χ1) is 7.81. The van der Waals surface area contributed by atoms with Crippen LogP contribution in [0.5, 0.6) is 0 Å². The third-order valence-corrected chi connectivity index (χ3v) is 4.12. The highest BCUT2D eigenvalue weighted by molar-refractivity contribution is 5.32. The van der Waals surface area contributed by atoms with Gasteiger partial charge in [0.05, 0.1) is 0 Å². The Kier molecular flexibility index (Phi) is 3.07. The maximum absolute atomic E-state index is 6.53. The van der Waals surface area contributed by atoms with Crippen molar-refractivity contribution in [2.24, 2.45) is 11.7 Å². The van der Waals surface area contributed by atoms with Crippen LogP contribution in [0.3, 0.4) is 0 Å². The first-order valence-electron chi connectivity index (χ1n) is 6.71. The zero-order valence-electron chi connectivity index (χ0n) is 11.6. The van der Waals surface area contributed by atoms with Gasteiger partial charge >= 0.3 is 0 Å². The number of benzene rings is 1. The van der Waals surface area contributed by atoms with E-state index in [1.807, 2.05) is 0 Å². The molecule has 17 heavy (non-hydrogen) atoms. The lowest BCUT2D eigenvalue weighted by atomic mass is 9.83. The Bertz CT molecular complexity index is 385. The van der Waals surface area contributed by atoms with Gasteiger partial charge in [0.2, 0.25) is 0 Å². The van der Waals surface area contributed by atoms with E-state index in [0.717, 1.165) is 18.8 Å². The average molecular weight is 231 g/mol. The lowest BCUT2D eigenvalue weighted by molar-refractivity contribution is 0.440. The first-order valence-corrected chi connectivity index (χ1v) is 6.71. The highest BCUT2D eigenvalue weighted by atomic mass is 14.8. The quantitative estimate of drug-likeness (QED) is 0.778. The fraction of sp³-hybridized carbons (Fsp3) is 0.625. The van der Waals surface area contributed by atoms with E-state index in [1.165, 1.54) is 17.5 Å². The van der Waals surface area contributed by atoms with Gasteiger partial charge in [-0.1, -0.05) is 52.0 Å². The Morgan fingerprint density at radius 3 is 2.18 bits per heavy atom. The van der Waals surface area contributed by atoms with E-state index in [0.29, 0.717) is 0 Å². The van der Waals surface area contributed by atoms with Gasteiger partial charge in [-0.05, 0) is 41.7 Å². The molecule has 1 nitrogen and oxygen atoms in total. The highest BCUT2D eigenvalue weighted by Crippen LogP contribution is 2.40. The van der Waals surface area contributed by atoms with Crippen LogP contribution in [0.25, 0.3) is 0 Å². The molecule has 1 aliphatic carbocycles. The Labute approximate surface area is 105 Å². The van der Waals surface area contributed by atoms with Crippen LogP contribution < -0.4 is 5.73 Å². The van der Waals surface area contributed by atoms with E-state index in [1.54, 1.807) is 0 Å². The van der Waals surface area contributed by atoms with Crippen molar-refractivity contribution >= 4 is 0 Å². The molecule has 94 valence electrons. The molecular weight excluding hydrogens is 206 g/mol. The van der Waals surface area contributed by atoms with Crippen molar-refractivity contribution < 1.29 is 0 Å². The van der Waals surface area contributed by atoms with Gasteiger partial charge in [0.15, 0.2) is 0 Å². The van der Waals surface area contributed by atoms with Gasteiger partial charge in [0.1, 0.15) is 0 Å². The molecule has 0 spiro atoms. The number of nitrogens with two attached hydrogens (primary N) is 1. The highest BCUT2D eigenvalue weighted by Gasteiger charge is 2.35. The summed E-state index contributed by atoms with van der Waals surface area (Å²) in [6.45, 7) is 9.05. The van der Waals surface area contributed by atoms with E-state index in [-0.39, 0.29) is 11.0 Å². The molecule has 0 bridgehead atoms. The summed E-state index contributed by atoms with van der Waals surface area (Å²) in [4.78, 5) is 0. The topological polar surface area (TPSA) is 26.0 Å². The van der Waals surface area contributed by atoms with Crippen molar-refractivity contribution in [3.05, 3.63) is 35.4 Å². The van der Waals surface area contributed by atoms with E-state index in [4.69, 9.17) is 5.73 Å². The standard InChI is InChI=1S/C16H25N/c1-12-9-10-16(17,11-12)14-7-5-13(6-8-14)15(2,3)4/h5-8,12H,9-11,17H2,1-4H3. The largest absolute Gasteiger partial charge is 0.321 e. The molecule has 1 fully saturated rings. The minimum Gasteiger partial charge on any atom is -0.321 e. The SMILES string of the molecule is CC1CCC(N)(c2ccc(C(C)(C)C)cc2)C1. The molecule has 1 aromatic rings. The first kappa shape index (κ1) is 12.6. The van der Waals surface area contributed by atoms with Gasteiger partial charge in [-0.3, -0.25) is 0 Å². The van der Waals surface area contributed by atoms with Crippen LogP contribution in [0.4, 0.5) is 0 Å². The summed E-state index contributed by atoms with van der Waals surface area (Å²) in [5, 5.41) is 0. The van der Waals surface area contributed by atoms with Crippen molar-refractivity contribution in [3.63, 3.8) is 0 Å². The predicted molar refractivity (Wildman–Crippen MR) is 74.0 cm³/mol. The van der Waals surface area contributed by atoms with Gasteiger partial charge < -0.3 is 5.73 Å². The van der Waals surface area contributed by atoms with Crippen LogP contribution >= 0.6 is 0 Å². The van der Waals surface area contributed by atoms with Crippen molar-refractivity contribution in [3.8, 4) is 0 Å². The van der Waals surface area contributed by atoms with Crippen molar-refractivity contribution in [1.82, 2.24) is 0 Å². The molecule has 2 rings (SSSR count). The molecule has 0 amide bonds. The van der Waals surface area contributed by atoms with Crippen LogP contribution in [-0.4, -0.2) is 0 Å². The third kappa shape index (κ3) is 2.55. The fourth-order valence-electron chi connectivity index (χ4n) is 2.89. The van der Waals surface area contributed by atoms with Gasteiger partial charge in [-0.25, -0.2) is 0 Å². The average Bonchev–Trinajstić information content (AvgIpc) is 2.59. The van der Waals surface area contributed by atoms with Crippen LogP contribution in [0.15, 0.2) is 24.3 Å². The molecule has 1 aliphatic rings. The van der Waals surface area contributed by atoms with Crippen LogP contribution in [0.1, 0.15) is 58.1 Å². The van der Waals surface area contributed by atoms with E-state index in [9.17, 15) is 0 Å². The van der Waals surface area contributed by atoms with Crippen molar-refractivity contribution in [2.45, 2.75) is 57.9 Å². The van der Waals surface area contributed by atoms with Crippen LogP contribution in [0.2, 0.25) is 0 Å². The minimum absolute atomic E-state index is 0.0736. The summed E-state index contributed by atoms with van der Waals surface area (Å²) in [6, 6.07) is 8.96. The Morgan fingerprint density at radius 2 is 1.76 bits per heavy atom. The molecule has 2 unspecified atom stereocenters. The Hall–Kier alpha value is -0.820. The van der Waals surface area contributed by atoms with Gasteiger partial charge in [-0.2, -0.15) is 0 Å². The lowest BCUT2D eigenvalue weighted by Crippen LogP contribution is -2.33. The zero-order chi connectivity index (χ0) is 12.7. The van der Waals surface area contributed by atoms with Gasteiger partial charge in [0, 0.05) is 5.54 Å². The fourth-order valence-corrected chi connectivity index (χ4v) is 2.89. The van der Waals surface area contributed by atoms with Crippen molar-refractivity contribution in [1.29, 1.82) is 0 Å². The maximum atomic E-state index is 6.53. The predicted octanol–water partition coefficient (Wildman–Crippen LogP) is 3.96. The Balaban J connectivity index is 2.24. The molecule has 0 radical (unpaired) electrons. The molecule has 0 saturated heterocycles. The molecule has 1 saturated carbocycles. The summed E-state index contributed by atoms with van der Waals surface area (Å²) >= 11 is 0. The number of hydrogen-bond donors (Lipinski definition) is 1. The van der Waals surface area contributed by atoms with E-state index < -0.39 is 0 Å². The van der Waals surface area contributed by atoms with E-state index in [2.05, 4.69) is 52.0 Å². The summed E-state index contributed by atoms with van der Waals surface area (Å²) in [7, 11) is 0. The smallest absolute Gasteiger partial charge is 0.0412 e. The lowest BCUT2D eigenvalue weighted by Gasteiger charge is -2.26. The van der Waals surface area contributed by atoms with Crippen LogP contribution in [-0.2, 0) is 11.0 Å². The van der Waals surface area contributed by atoms with Crippen molar-refractivity contribution in [2.75, 3.05) is 0 Å². The van der Waals surface area contributed by atoms with Gasteiger partial charge in [0.25, 0.3) is 0 Å². The molecule has 0 aromatic heterocycles. The second kappa shape index (κ2) is 4.13. The summed E-state index contributed by atoms with van der Waals surface area (Å²) < 4.78 is 0. The second-order valence-electron chi connectivity index (χ2n) is 6.83. The second-order valence-corrected chi connectivity index (χ2v) is 6.83. The number of hydrogen-bond acceptors (Lipinski definition) is 1. The monoisotopic (exact) mass is 231 g/mol. The summed E-state index contributed by atoms with van der Waals surface area (Å²) in [5.41, 5.74) is 9.38. The Morgan fingerprint density at radius 1 is 1.18 bits per heavy atom. The van der Waals surface area contributed by atoms with Crippen LogP contribution in [0, 0.1) is 5.92 Å². The molecule has 1 aromatic carbocycles. The van der Waals surface area contributed by atoms with Gasteiger partial charge in [-0.15, -0.1) is 0 Å². The third-order valence-electron chi connectivity index (χ3n) is 4.12. The molecule has 0 heterocycles. The molecule has 0 aliphatic heterocycles. The normalized spacial score (nSPS) is 29.6. The molecule has 1 heteroatoms. The zero-order valence-corrected chi connectivity index (χ0v) is 11.6. The minimum atomic E-state index is -0.0736. The van der Waals surface area contributed by atoms with E-state index >= 15 is 0 Å². The molecule has 2 N–H and O–H groups in total. The summed E-state index contributed by atoms with van der Waals surface area (Å²) in [6.07, 6.45) is 3.52. The maximum Gasteiger partial charge on any atom is 0.0412 e. The number of rotatable bonds is 1. The summed E-state index contributed by atoms with van der Waals surface area (Å²) in [5.74, 6) is 0.766.